The first-order valence-corrected chi connectivity index (χ1v) is 7.73. The largest absolute Gasteiger partial charge is 0.398 e. The van der Waals surface area contributed by atoms with E-state index in [0.717, 1.165) is 18.4 Å². The predicted molar refractivity (Wildman–Crippen MR) is 74.9 cm³/mol. The summed E-state index contributed by atoms with van der Waals surface area (Å²) in [5.74, 6) is 0. The lowest BCUT2D eigenvalue weighted by atomic mass is 10.2. The Morgan fingerprint density at radius 3 is 2.17 bits per heavy atom. The molecule has 0 saturated carbocycles. The maximum absolute atomic E-state index is 12.4. The van der Waals surface area contributed by atoms with Crippen LogP contribution in [-0.4, -0.2) is 25.8 Å². The predicted octanol–water partition coefficient (Wildman–Crippen LogP) is 2.39. The molecule has 1 aromatic carbocycles. The van der Waals surface area contributed by atoms with Crippen molar-refractivity contribution in [3.8, 4) is 0 Å². The first kappa shape index (κ1) is 15.0. The third-order valence-corrected chi connectivity index (χ3v) is 4.73. The number of anilines is 1. The van der Waals surface area contributed by atoms with E-state index in [4.69, 9.17) is 5.73 Å². The van der Waals surface area contributed by atoms with E-state index in [1.165, 1.54) is 4.31 Å². The van der Waals surface area contributed by atoms with Crippen LogP contribution in [0.2, 0.25) is 0 Å². The molecule has 18 heavy (non-hydrogen) atoms. The number of nitrogen functional groups attached to an aromatic ring is 1. The van der Waals surface area contributed by atoms with Crippen molar-refractivity contribution in [3.05, 3.63) is 23.8 Å². The highest BCUT2D eigenvalue weighted by Crippen LogP contribution is 2.21. The molecule has 4 nitrogen and oxygen atoms in total. The Morgan fingerprint density at radius 1 is 1.17 bits per heavy atom. The van der Waals surface area contributed by atoms with Crippen LogP contribution >= 0.6 is 0 Å². The number of nitrogens with two attached hydrogens (primary N) is 1. The summed E-state index contributed by atoms with van der Waals surface area (Å²) < 4.78 is 26.4. The van der Waals surface area contributed by atoms with Crippen molar-refractivity contribution in [1.29, 1.82) is 0 Å². The van der Waals surface area contributed by atoms with Crippen LogP contribution in [-0.2, 0) is 10.0 Å². The maximum atomic E-state index is 12.4. The second-order valence-corrected chi connectivity index (χ2v) is 6.36. The van der Waals surface area contributed by atoms with E-state index in [2.05, 4.69) is 0 Å². The summed E-state index contributed by atoms with van der Waals surface area (Å²) in [5.41, 5.74) is 7.19. The number of hydrogen-bond acceptors (Lipinski definition) is 3. The fourth-order valence-corrected chi connectivity index (χ4v) is 3.44. The van der Waals surface area contributed by atoms with Gasteiger partial charge in [-0.3, -0.25) is 0 Å². The van der Waals surface area contributed by atoms with Gasteiger partial charge < -0.3 is 5.73 Å². The number of sulfonamides is 1. The first-order chi connectivity index (χ1) is 8.43. The van der Waals surface area contributed by atoms with Crippen LogP contribution in [0.5, 0.6) is 0 Å². The van der Waals surface area contributed by atoms with Gasteiger partial charge in [-0.05, 0) is 37.5 Å². The Labute approximate surface area is 110 Å². The lowest BCUT2D eigenvalue weighted by molar-refractivity contribution is 0.410. The number of rotatable bonds is 6. The second-order valence-electron chi connectivity index (χ2n) is 4.42. The van der Waals surface area contributed by atoms with E-state index in [-0.39, 0.29) is 4.90 Å². The van der Waals surface area contributed by atoms with Crippen LogP contribution < -0.4 is 5.73 Å². The van der Waals surface area contributed by atoms with Gasteiger partial charge in [0.15, 0.2) is 0 Å². The molecule has 0 radical (unpaired) electrons. The zero-order valence-electron chi connectivity index (χ0n) is 11.3. The summed E-state index contributed by atoms with van der Waals surface area (Å²) in [5, 5.41) is 0. The van der Waals surface area contributed by atoms with Gasteiger partial charge in [-0.25, -0.2) is 8.42 Å². The van der Waals surface area contributed by atoms with Crippen LogP contribution in [0.3, 0.4) is 0 Å². The standard InChI is InChI=1S/C13H22N2O2S/c1-4-8-15(9-5-2)18(16,17)12-7-6-11(3)13(14)10-12/h6-7,10H,4-5,8-9,14H2,1-3H3. The van der Waals surface area contributed by atoms with Crippen molar-refractivity contribution in [1.82, 2.24) is 4.31 Å². The van der Waals surface area contributed by atoms with Crippen LogP contribution in [0.1, 0.15) is 32.3 Å². The minimum Gasteiger partial charge on any atom is -0.398 e. The average molecular weight is 270 g/mol. The molecule has 0 aliphatic carbocycles. The summed E-state index contributed by atoms with van der Waals surface area (Å²) in [6.45, 7) is 6.90. The van der Waals surface area contributed by atoms with E-state index in [0.29, 0.717) is 18.8 Å². The SMILES string of the molecule is CCCN(CCC)S(=O)(=O)c1ccc(C)c(N)c1. The molecule has 0 unspecified atom stereocenters. The second kappa shape index (κ2) is 6.20. The summed E-state index contributed by atoms with van der Waals surface area (Å²) >= 11 is 0. The molecule has 0 amide bonds. The number of aryl methyl sites for hydroxylation is 1. The maximum Gasteiger partial charge on any atom is 0.243 e. The Balaban J connectivity index is 3.13. The van der Waals surface area contributed by atoms with Gasteiger partial charge >= 0.3 is 0 Å². The Morgan fingerprint density at radius 2 is 1.72 bits per heavy atom. The highest BCUT2D eigenvalue weighted by Gasteiger charge is 2.23. The molecular weight excluding hydrogens is 248 g/mol. The van der Waals surface area contributed by atoms with Crippen molar-refractivity contribution >= 4 is 15.7 Å². The third kappa shape index (κ3) is 3.23. The van der Waals surface area contributed by atoms with E-state index in [9.17, 15) is 8.42 Å². The molecule has 2 N–H and O–H groups in total. The summed E-state index contributed by atoms with van der Waals surface area (Å²) in [6, 6.07) is 4.92. The van der Waals surface area contributed by atoms with E-state index in [1.807, 2.05) is 20.8 Å². The summed E-state index contributed by atoms with van der Waals surface area (Å²) in [6.07, 6.45) is 1.61. The van der Waals surface area contributed by atoms with Crippen molar-refractivity contribution in [2.24, 2.45) is 0 Å². The minimum absolute atomic E-state index is 0.285. The third-order valence-electron chi connectivity index (χ3n) is 2.83. The van der Waals surface area contributed by atoms with Crippen LogP contribution in [0.15, 0.2) is 23.1 Å². The van der Waals surface area contributed by atoms with Gasteiger partial charge in [0.25, 0.3) is 0 Å². The molecule has 0 aliphatic rings. The zero-order valence-corrected chi connectivity index (χ0v) is 12.1. The zero-order chi connectivity index (χ0) is 13.8. The molecule has 0 bridgehead atoms. The minimum atomic E-state index is -3.41. The Hall–Kier alpha value is -1.07. The molecule has 1 aromatic rings. The van der Waals surface area contributed by atoms with Gasteiger partial charge in [-0.2, -0.15) is 4.31 Å². The molecule has 102 valence electrons. The average Bonchev–Trinajstić information content (AvgIpc) is 2.32. The number of nitrogens with zero attached hydrogens (tertiary/aromatic N) is 1. The van der Waals surface area contributed by atoms with Gasteiger partial charge in [-0.1, -0.05) is 19.9 Å². The topological polar surface area (TPSA) is 63.4 Å². The van der Waals surface area contributed by atoms with Crippen LogP contribution in [0.25, 0.3) is 0 Å². The fraction of sp³-hybridized carbons (Fsp3) is 0.538. The first-order valence-electron chi connectivity index (χ1n) is 6.29. The molecule has 0 heterocycles. The normalized spacial score (nSPS) is 12.0. The highest BCUT2D eigenvalue weighted by molar-refractivity contribution is 7.89. The van der Waals surface area contributed by atoms with Crippen LogP contribution in [0.4, 0.5) is 5.69 Å². The Bertz CT molecular complexity index is 492. The van der Waals surface area contributed by atoms with E-state index >= 15 is 0 Å². The molecule has 5 heteroatoms. The molecule has 0 atom stereocenters. The number of benzene rings is 1. The van der Waals surface area contributed by atoms with Gasteiger partial charge in [0.1, 0.15) is 0 Å². The molecule has 0 spiro atoms. The van der Waals surface area contributed by atoms with Gasteiger partial charge in [-0.15, -0.1) is 0 Å². The molecule has 1 rings (SSSR count). The lowest BCUT2D eigenvalue weighted by Crippen LogP contribution is -2.32. The summed E-state index contributed by atoms with van der Waals surface area (Å²) in [7, 11) is -3.41. The highest BCUT2D eigenvalue weighted by atomic mass is 32.2. The molecule has 0 aromatic heterocycles. The van der Waals surface area contributed by atoms with Gasteiger partial charge in [0, 0.05) is 18.8 Å². The molecule has 0 aliphatic heterocycles. The summed E-state index contributed by atoms with van der Waals surface area (Å²) in [4.78, 5) is 0.285. The Kier molecular flexibility index (Phi) is 5.16. The van der Waals surface area contributed by atoms with Gasteiger partial charge in [0.05, 0.1) is 4.90 Å². The van der Waals surface area contributed by atoms with Crippen LogP contribution in [0, 0.1) is 6.92 Å². The monoisotopic (exact) mass is 270 g/mol. The quantitative estimate of drug-likeness (QED) is 0.807. The van der Waals surface area contributed by atoms with Gasteiger partial charge in [0.2, 0.25) is 10.0 Å². The van der Waals surface area contributed by atoms with E-state index in [1.54, 1.807) is 18.2 Å². The lowest BCUT2D eigenvalue weighted by Gasteiger charge is -2.21. The molecular formula is C13H22N2O2S. The smallest absolute Gasteiger partial charge is 0.243 e. The molecule has 0 saturated heterocycles. The fourth-order valence-electron chi connectivity index (χ4n) is 1.78. The van der Waals surface area contributed by atoms with Crippen molar-refractivity contribution < 1.29 is 8.42 Å². The van der Waals surface area contributed by atoms with Crippen molar-refractivity contribution in [2.45, 2.75) is 38.5 Å². The van der Waals surface area contributed by atoms with Crippen molar-refractivity contribution in [2.75, 3.05) is 18.8 Å². The number of hydrogen-bond donors (Lipinski definition) is 1. The van der Waals surface area contributed by atoms with Crippen molar-refractivity contribution in [3.63, 3.8) is 0 Å². The van der Waals surface area contributed by atoms with E-state index < -0.39 is 10.0 Å². The molecule has 0 fully saturated rings.